The summed E-state index contributed by atoms with van der Waals surface area (Å²) in [5.41, 5.74) is 1.05. The molecule has 2 heterocycles. The smallest absolute Gasteiger partial charge is 0.306 e. The predicted octanol–water partition coefficient (Wildman–Crippen LogP) is 6.23. The minimum absolute atomic E-state index is 0.00196. The molecule has 0 aromatic carbocycles. The predicted molar refractivity (Wildman–Crippen MR) is 142 cm³/mol. The summed E-state index contributed by atoms with van der Waals surface area (Å²) in [4.78, 5) is 29.2. The van der Waals surface area contributed by atoms with E-state index in [2.05, 4.69) is 72.0 Å². The second-order valence-electron chi connectivity index (χ2n) is 12.8. The minimum Gasteiger partial charge on any atom is -0.462 e. The summed E-state index contributed by atoms with van der Waals surface area (Å²) in [6.07, 6.45) is 10.2. The van der Waals surface area contributed by atoms with Gasteiger partial charge in [-0.3, -0.25) is 14.5 Å². The van der Waals surface area contributed by atoms with E-state index in [9.17, 15) is 9.59 Å². The zero-order valence-corrected chi connectivity index (χ0v) is 23.9. The second kappa shape index (κ2) is 12.1. The summed E-state index contributed by atoms with van der Waals surface area (Å²) < 4.78 is 11.6. The van der Waals surface area contributed by atoms with Crippen molar-refractivity contribution in [2.75, 3.05) is 14.1 Å². The van der Waals surface area contributed by atoms with Crippen molar-refractivity contribution in [2.24, 2.45) is 0 Å². The Bertz CT molecular complexity index is 725. The van der Waals surface area contributed by atoms with Gasteiger partial charge >= 0.3 is 11.9 Å². The van der Waals surface area contributed by atoms with Crippen molar-refractivity contribution < 1.29 is 19.1 Å². The van der Waals surface area contributed by atoms with E-state index in [-0.39, 0.29) is 40.8 Å². The number of carbonyl (C=O) groups is 2. The van der Waals surface area contributed by atoms with Crippen LogP contribution in [0.3, 0.4) is 0 Å². The number of likely N-dealkylation sites (tertiary alicyclic amines) is 2. The quantitative estimate of drug-likeness (QED) is 0.252. The third kappa shape index (κ3) is 8.80. The van der Waals surface area contributed by atoms with E-state index >= 15 is 0 Å². The first-order valence-electron chi connectivity index (χ1n) is 13.7. The van der Waals surface area contributed by atoms with Crippen LogP contribution in [-0.4, -0.2) is 64.7 Å². The van der Waals surface area contributed by atoms with Gasteiger partial charge in [0.25, 0.3) is 0 Å². The Balaban J connectivity index is 1.52. The maximum Gasteiger partial charge on any atom is 0.306 e. The Hall–Kier alpha value is -1.56. The molecule has 2 fully saturated rings. The highest BCUT2D eigenvalue weighted by Gasteiger charge is 2.44. The van der Waals surface area contributed by atoms with Crippen LogP contribution in [-0.2, 0) is 19.1 Å². The van der Waals surface area contributed by atoms with Crippen LogP contribution in [0.2, 0.25) is 0 Å². The summed E-state index contributed by atoms with van der Waals surface area (Å²) >= 11 is 0. The van der Waals surface area contributed by atoms with Gasteiger partial charge in [-0.25, -0.2) is 0 Å². The fraction of sp³-hybridized carbons (Fsp3) is 0.862. The van der Waals surface area contributed by atoms with Crippen LogP contribution < -0.4 is 0 Å². The van der Waals surface area contributed by atoms with Gasteiger partial charge in [0.15, 0.2) is 0 Å². The van der Waals surface area contributed by atoms with Gasteiger partial charge in [-0.05, 0) is 61.4 Å². The van der Waals surface area contributed by atoms with E-state index < -0.39 is 0 Å². The lowest BCUT2D eigenvalue weighted by atomic mass is 9.79. The Kier molecular flexibility index (Phi) is 10.3. The summed E-state index contributed by atoms with van der Waals surface area (Å²) in [5.74, 6) is -0.153. The first-order chi connectivity index (χ1) is 16.1. The molecule has 2 aliphatic rings. The van der Waals surface area contributed by atoms with Crippen molar-refractivity contribution >= 4 is 11.9 Å². The summed E-state index contributed by atoms with van der Waals surface area (Å²) in [6, 6.07) is 0. The van der Waals surface area contributed by atoms with Gasteiger partial charge in [-0.1, -0.05) is 32.3 Å². The normalized spacial score (nSPS) is 24.3. The number of hydrogen-bond donors (Lipinski definition) is 0. The molecule has 6 nitrogen and oxygen atoms in total. The monoisotopic (exact) mass is 492 g/mol. The highest BCUT2D eigenvalue weighted by atomic mass is 16.5. The SMILES string of the molecule is C=C1CC(OC(=O)CCCCCCCCC(=O)OC2CC(C)(C)N(C)C(C)(C)C2)CC(C)(C)N1C. The number of rotatable bonds is 11. The number of carbonyl (C=O) groups excluding carboxylic acids is 2. The maximum atomic E-state index is 12.4. The Morgan fingerprint density at radius 2 is 1.14 bits per heavy atom. The van der Waals surface area contributed by atoms with Crippen molar-refractivity contribution in [3.05, 3.63) is 12.3 Å². The van der Waals surface area contributed by atoms with Crippen molar-refractivity contribution in [1.82, 2.24) is 9.80 Å². The lowest BCUT2D eigenvalue weighted by Gasteiger charge is -2.53. The van der Waals surface area contributed by atoms with Crippen molar-refractivity contribution in [3.8, 4) is 0 Å². The topological polar surface area (TPSA) is 59.1 Å². The Morgan fingerprint density at radius 3 is 1.60 bits per heavy atom. The molecule has 2 aliphatic heterocycles. The molecule has 0 aromatic rings. The van der Waals surface area contributed by atoms with Gasteiger partial charge in [0.1, 0.15) is 12.2 Å². The fourth-order valence-electron chi connectivity index (χ4n) is 5.78. The first-order valence-corrected chi connectivity index (χ1v) is 13.7. The van der Waals surface area contributed by atoms with Crippen molar-refractivity contribution in [1.29, 1.82) is 0 Å². The third-order valence-corrected chi connectivity index (χ3v) is 8.45. The van der Waals surface area contributed by atoms with Gasteiger partial charge in [0, 0.05) is 67.9 Å². The average Bonchev–Trinajstić information content (AvgIpc) is 2.71. The number of unbranched alkanes of at least 4 members (excludes halogenated alkanes) is 5. The van der Waals surface area contributed by atoms with Crippen LogP contribution in [0.5, 0.6) is 0 Å². The Labute approximate surface area is 214 Å². The average molecular weight is 493 g/mol. The highest BCUT2D eigenvalue weighted by molar-refractivity contribution is 5.70. The molecule has 2 saturated heterocycles. The molecule has 2 rings (SSSR count). The van der Waals surface area contributed by atoms with Crippen molar-refractivity contribution in [2.45, 2.75) is 147 Å². The largest absolute Gasteiger partial charge is 0.462 e. The van der Waals surface area contributed by atoms with Gasteiger partial charge in [-0.15, -0.1) is 0 Å². The third-order valence-electron chi connectivity index (χ3n) is 8.45. The standard InChI is InChI=1S/C29H52N2O4/c1-22-18-23(19-27(2,3)30(22)8)34-25(32)16-14-12-10-11-13-15-17-26(33)35-24-20-28(4,5)31(9)29(6,7)21-24/h23-24H,1,10-21H2,2-9H3. The zero-order valence-electron chi connectivity index (χ0n) is 23.9. The molecule has 1 atom stereocenters. The molecule has 202 valence electrons. The van der Waals surface area contributed by atoms with Crippen LogP contribution in [0, 0.1) is 0 Å². The molecule has 1 unspecified atom stereocenters. The number of hydrogen-bond acceptors (Lipinski definition) is 6. The van der Waals surface area contributed by atoms with E-state index in [1.165, 1.54) is 0 Å². The minimum atomic E-state index is -0.0915. The number of ether oxygens (including phenoxy) is 2. The fourth-order valence-corrected chi connectivity index (χ4v) is 5.78. The van der Waals surface area contributed by atoms with Gasteiger partial charge in [0.05, 0.1) is 0 Å². The number of nitrogens with zero attached hydrogens (tertiary/aromatic N) is 2. The van der Waals surface area contributed by atoms with E-state index in [0.29, 0.717) is 12.8 Å². The molecular formula is C29H52N2O4. The molecule has 0 spiro atoms. The lowest BCUT2D eigenvalue weighted by molar-refractivity contribution is -0.159. The molecule has 35 heavy (non-hydrogen) atoms. The van der Waals surface area contributed by atoms with E-state index in [4.69, 9.17) is 9.47 Å². The van der Waals surface area contributed by atoms with Crippen LogP contribution in [0.1, 0.15) is 119 Å². The zero-order chi connectivity index (χ0) is 26.4. The van der Waals surface area contributed by atoms with E-state index in [0.717, 1.165) is 69.9 Å². The molecule has 6 heteroatoms. The van der Waals surface area contributed by atoms with E-state index in [1.807, 2.05) is 0 Å². The molecule has 0 bridgehead atoms. The number of esters is 2. The van der Waals surface area contributed by atoms with Crippen LogP contribution in [0.4, 0.5) is 0 Å². The van der Waals surface area contributed by atoms with Crippen LogP contribution in [0.25, 0.3) is 0 Å². The summed E-state index contributed by atoms with van der Waals surface area (Å²) in [5, 5.41) is 0. The van der Waals surface area contributed by atoms with Gasteiger partial charge in [0.2, 0.25) is 0 Å². The first kappa shape index (κ1) is 29.7. The molecule has 0 saturated carbocycles. The molecule has 0 radical (unpaired) electrons. The Morgan fingerprint density at radius 1 is 0.743 bits per heavy atom. The number of piperidine rings is 2. The van der Waals surface area contributed by atoms with Gasteiger partial charge in [-0.2, -0.15) is 0 Å². The van der Waals surface area contributed by atoms with Crippen molar-refractivity contribution in [3.63, 3.8) is 0 Å². The maximum absolute atomic E-state index is 12.4. The lowest BCUT2D eigenvalue weighted by Crippen LogP contribution is -2.60. The van der Waals surface area contributed by atoms with Crippen LogP contribution in [0.15, 0.2) is 12.3 Å². The highest BCUT2D eigenvalue weighted by Crippen LogP contribution is 2.38. The van der Waals surface area contributed by atoms with Gasteiger partial charge < -0.3 is 14.4 Å². The molecule has 0 amide bonds. The summed E-state index contributed by atoms with van der Waals surface area (Å²) in [6.45, 7) is 17.3. The molecule has 0 N–H and O–H groups in total. The molecular weight excluding hydrogens is 440 g/mol. The summed E-state index contributed by atoms with van der Waals surface area (Å²) in [7, 11) is 4.22. The molecule has 0 aromatic heterocycles. The molecule has 0 aliphatic carbocycles. The van der Waals surface area contributed by atoms with Crippen LogP contribution >= 0.6 is 0 Å². The second-order valence-corrected chi connectivity index (χ2v) is 12.8. The van der Waals surface area contributed by atoms with E-state index in [1.54, 1.807) is 0 Å².